The second-order valence-electron chi connectivity index (χ2n) is 17.9. The van der Waals surface area contributed by atoms with E-state index in [0.717, 1.165) is 11.0 Å². The SMILES string of the molecule is CC(C)C(=O)Nc1nc2c(ncn2[C@@H]2O[C@@H]3COP(=S)(OCCC#N)O[C@H]4[C@H](F)C(n5nnc6c(NC(=O)c7ccccc7)ncnc65)O[C@@H]4COP([O-])(=S)O[C@H]2[C@@H]3O[Si](C)(C)C(C)(C)C)c(=O)[nH]1. The maximum atomic E-state index is 17.2. The summed E-state index contributed by atoms with van der Waals surface area (Å²) in [6, 6.07) is 10.3. The Bertz CT molecular complexity index is 2940. The van der Waals surface area contributed by atoms with E-state index in [0.29, 0.717) is 5.56 Å². The summed E-state index contributed by atoms with van der Waals surface area (Å²) in [5.74, 6) is -1.59. The smallest absolute Gasteiger partial charge is 0.327 e. The van der Waals surface area contributed by atoms with Gasteiger partial charge in [0.05, 0.1) is 38.6 Å². The number of imidazole rings is 1. The normalized spacial score (nSPS) is 28.9. The highest BCUT2D eigenvalue weighted by Crippen LogP contribution is 2.57. The third-order valence-corrected chi connectivity index (χ3v) is 20.2. The molecule has 2 amide bonds. The van der Waals surface area contributed by atoms with Crippen molar-refractivity contribution in [2.45, 2.75) is 108 Å². The van der Waals surface area contributed by atoms with Gasteiger partial charge in [-0.25, -0.2) is 19.3 Å². The number of carbonyl (C=O) groups excluding carboxylic acids is 2. The molecule has 4 aromatic heterocycles. The number of hydrogen-bond acceptors (Lipinski definition) is 21. The molecule has 8 rings (SSSR count). The fourth-order valence-corrected chi connectivity index (χ4v) is 12.0. The number of aromatic amines is 1. The number of nitriles is 1. The van der Waals surface area contributed by atoms with Gasteiger partial charge in [-0.05, 0) is 42.1 Å². The monoisotopic (exact) mass is 1050 g/mol. The first-order valence-corrected chi connectivity index (χ1v) is 29.5. The Morgan fingerprint density at radius 3 is 2.46 bits per heavy atom. The molecule has 3 N–H and O–H groups in total. The summed E-state index contributed by atoms with van der Waals surface area (Å²) in [5.41, 5.74) is -0.596. The van der Waals surface area contributed by atoms with Crippen molar-refractivity contribution in [1.29, 1.82) is 5.26 Å². The zero-order valence-corrected chi connectivity index (χ0v) is 42.5. The third-order valence-electron chi connectivity index (χ3n) is 11.8. The van der Waals surface area contributed by atoms with E-state index in [4.69, 9.17) is 60.1 Å². The number of aromatic nitrogens is 9. The lowest BCUT2D eigenvalue weighted by Crippen LogP contribution is -2.50. The highest BCUT2D eigenvalue weighted by molar-refractivity contribution is 8.07. The van der Waals surface area contributed by atoms with E-state index < -0.39 is 112 Å². The fraction of sp³-hybridized carbons (Fsp3) is 0.538. The van der Waals surface area contributed by atoms with Crippen molar-refractivity contribution < 1.29 is 55.4 Å². The van der Waals surface area contributed by atoms with Crippen LogP contribution in [0, 0.1) is 17.2 Å². The maximum Gasteiger partial charge on any atom is 0.327 e. The number of hydrogen-bond donors (Lipinski definition) is 3. The van der Waals surface area contributed by atoms with Crippen LogP contribution in [0.25, 0.3) is 22.3 Å². The molecule has 3 saturated heterocycles. The molecule has 5 aromatic rings. The minimum Gasteiger partial charge on any atom is -0.780 e. The van der Waals surface area contributed by atoms with Gasteiger partial charge in [0.25, 0.3) is 11.5 Å². The van der Waals surface area contributed by atoms with E-state index in [1.165, 1.54) is 10.9 Å². The topological polar surface area (TPSA) is 299 Å². The van der Waals surface area contributed by atoms with Gasteiger partial charge < -0.3 is 42.2 Å². The number of alkyl halides is 1. The van der Waals surface area contributed by atoms with Gasteiger partial charge in [0, 0.05) is 11.5 Å². The predicted octanol–water partition coefficient (Wildman–Crippen LogP) is 4.28. The lowest BCUT2D eigenvalue weighted by molar-refractivity contribution is -0.218. The largest absolute Gasteiger partial charge is 0.780 e. The first kappa shape index (κ1) is 50.9. The summed E-state index contributed by atoms with van der Waals surface area (Å²) in [6.45, 7) is 2.93. The van der Waals surface area contributed by atoms with Crippen LogP contribution in [0.5, 0.6) is 0 Å². The number of amides is 2. The van der Waals surface area contributed by atoms with Gasteiger partial charge in [0.15, 0.2) is 55.1 Å². The van der Waals surface area contributed by atoms with Gasteiger partial charge >= 0.3 is 6.72 Å². The summed E-state index contributed by atoms with van der Waals surface area (Å²) < 4.78 is 70.0. The van der Waals surface area contributed by atoms with Gasteiger partial charge in [0.1, 0.15) is 43.6 Å². The second-order valence-corrected chi connectivity index (χ2v) is 28.3. The first-order valence-electron chi connectivity index (χ1n) is 21.5. The van der Waals surface area contributed by atoms with Crippen molar-refractivity contribution in [3.63, 3.8) is 0 Å². The molecule has 1 aromatic carbocycles. The molecule has 24 nitrogen and oxygen atoms in total. The lowest BCUT2D eigenvalue weighted by atomic mass is 10.1. The average Bonchev–Trinajstić information content (AvgIpc) is 4.06. The molecular weight excluding hydrogens is 1000 g/mol. The molecule has 0 saturated carbocycles. The molecule has 3 aliphatic rings. The standard InChI is InChI=1S/C39H49FN12O12P2S2Si/c1-20(2)33(53)47-38-46-32-26(35(55)48-38)44-19-51(32)37-29-28(64-69(6,7)39(3,4)5)23(61-37)17-59-66(68,57-15-11-14-41)63-27-22(16-58-65(56,67)62-29)60-36(24(27)40)52-31-25(49-50-52)30(42-18-43-31)45-34(54)21-12-9-8-10-13-21/h8-10,12-13,18-20,22-24,27-29,36-37H,11,15-17H2,1-7H3,(H,56,67)(H,42,43,45,54)(H2,46,47,48,53,55)/p-1/t22-,23-,24+,27-,28-,29+,36?,37-,65?,66?/m1/s1. The number of anilines is 2. The van der Waals surface area contributed by atoms with E-state index in [9.17, 15) is 24.5 Å². The summed E-state index contributed by atoms with van der Waals surface area (Å²) >= 11 is 11.5. The van der Waals surface area contributed by atoms with Crippen LogP contribution in [-0.4, -0.2) is 121 Å². The number of benzene rings is 1. The summed E-state index contributed by atoms with van der Waals surface area (Å²) in [6.07, 6.45) is -9.85. The van der Waals surface area contributed by atoms with Gasteiger partial charge in [-0.3, -0.25) is 33.8 Å². The summed E-state index contributed by atoms with van der Waals surface area (Å²) in [5, 5.41) is 22.5. The molecule has 3 aliphatic heterocycles. The Kier molecular flexibility index (Phi) is 14.8. The Morgan fingerprint density at radius 1 is 1.03 bits per heavy atom. The highest BCUT2D eigenvalue weighted by Gasteiger charge is 2.55. The average molecular weight is 1050 g/mol. The number of rotatable bonds is 11. The number of fused-ring (bicyclic) bond motifs is 5. The number of nitrogens with one attached hydrogen (secondary N) is 3. The number of ether oxygens (including phenoxy) is 2. The quantitative estimate of drug-likeness (QED) is 0.0944. The fourth-order valence-electron chi connectivity index (χ4n) is 7.18. The lowest BCUT2D eigenvalue weighted by Gasteiger charge is -2.42. The number of nitrogens with zero attached hydrogens (tertiary/aromatic N) is 9. The molecular formula is C39H48FN12O12P2S2Si-. The molecule has 0 spiro atoms. The zero-order chi connectivity index (χ0) is 49.6. The molecule has 370 valence electrons. The van der Waals surface area contributed by atoms with Crippen LogP contribution >= 0.6 is 13.4 Å². The Labute approximate surface area is 404 Å². The second kappa shape index (κ2) is 20.0. The maximum absolute atomic E-state index is 17.2. The number of carbonyl (C=O) groups is 2. The van der Waals surface area contributed by atoms with Gasteiger partial charge in [-0.1, -0.05) is 69.8 Å². The molecule has 2 bridgehead atoms. The third kappa shape index (κ3) is 10.8. The molecule has 3 unspecified atom stereocenters. The number of H-pyrrole nitrogens is 1. The van der Waals surface area contributed by atoms with E-state index >= 15 is 4.39 Å². The molecule has 69 heavy (non-hydrogen) atoms. The molecule has 0 aliphatic carbocycles. The van der Waals surface area contributed by atoms with Crippen molar-refractivity contribution in [1.82, 2.24) is 44.5 Å². The molecule has 3 fully saturated rings. The van der Waals surface area contributed by atoms with Crippen LogP contribution in [-0.2, 0) is 64.9 Å². The molecule has 10 atom stereocenters. The minimum atomic E-state index is -4.70. The van der Waals surface area contributed by atoms with Crippen molar-refractivity contribution in [2.24, 2.45) is 5.92 Å². The van der Waals surface area contributed by atoms with Crippen molar-refractivity contribution in [3.05, 3.63) is 58.9 Å². The minimum absolute atomic E-state index is 0.00449. The van der Waals surface area contributed by atoms with E-state index in [-0.39, 0.29) is 47.1 Å². The molecule has 30 heteroatoms. The van der Waals surface area contributed by atoms with Gasteiger partial charge in [-0.2, -0.15) is 14.9 Å². The van der Waals surface area contributed by atoms with Gasteiger partial charge in [0.2, 0.25) is 11.9 Å². The van der Waals surface area contributed by atoms with E-state index in [1.807, 2.05) is 39.9 Å². The van der Waals surface area contributed by atoms with Crippen molar-refractivity contribution in [2.75, 3.05) is 30.5 Å². The van der Waals surface area contributed by atoms with Crippen LogP contribution in [0.3, 0.4) is 0 Å². The van der Waals surface area contributed by atoms with Crippen molar-refractivity contribution >= 4 is 91.3 Å². The zero-order valence-electron chi connectivity index (χ0n) is 38.1. The van der Waals surface area contributed by atoms with E-state index in [2.05, 4.69) is 45.9 Å². The van der Waals surface area contributed by atoms with Crippen LogP contribution in [0.1, 0.15) is 63.9 Å². The van der Waals surface area contributed by atoms with Gasteiger partial charge in [-0.15, -0.1) is 5.10 Å². The summed E-state index contributed by atoms with van der Waals surface area (Å²) in [4.78, 5) is 73.2. The van der Waals surface area contributed by atoms with Crippen LogP contribution in [0.15, 0.2) is 47.8 Å². The first-order chi connectivity index (χ1) is 32.6. The Hall–Kier alpha value is -4.43. The van der Waals surface area contributed by atoms with Crippen molar-refractivity contribution in [3.8, 4) is 6.07 Å². The van der Waals surface area contributed by atoms with Crippen LogP contribution in [0.4, 0.5) is 16.2 Å². The molecule has 7 heterocycles. The molecule has 0 radical (unpaired) electrons. The van der Waals surface area contributed by atoms with Crippen LogP contribution < -0.4 is 21.1 Å². The number of halogens is 1. The summed E-state index contributed by atoms with van der Waals surface area (Å²) in [7, 11) is -2.82. The van der Waals surface area contributed by atoms with E-state index in [1.54, 1.807) is 44.2 Å². The predicted molar refractivity (Wildman–Crippen MR) is 250 cm³/mol. The van der Waals surface area contributed by atoms with Crippen LogP contribution in [0.2, 0.25) is 18.1 Å². The Morgan fingerprint density at radius 2 is 1.75 bits per heavy atom. The Balaban J connectivity index is 1.16. The highest BCUT2D eigenvalue weighted by atomic mass is 32.5.